The van der Waals surface area contributed by atoms with Gasteiger partial charge in [0.05, 0.1) is 17.4 Å². The van der Waals surface area contributed by atoms with E-state index in [1.807, 2.05) is 20.1 Å². The van der Waals surface area contributed by atoms with E-state index in [-0.39, 0.29) is 17.3 Å². The lowest BCUT2D eigenvalue weighted by atomic mass is 9.79. The summed E-state index contributed by atoms with van der Waals surface area (Å²) in [5, 5.41) is 3.01. The standard InChI is InChI=1S/C18H26N4O3/c1-12-8-16-19-13(9-17(23)22(16)20-12)11-21-7-6-18(25-3)5-4-14(24-2)10-15(18)21/h8-9,14-15,20H,4-7,10-11H2,1-3H3/t14-,15-,18+/m0/s1. The molecule has 1 saturated carbocycles. The molecule has 2 aliphatic rings. The molecule has 25 heavy (non-hydrogen) atoms. The van der Waals surface area contributed by atoms with Gasteiger partial charge in [-0.1, -0.05) is 0 Å². The molecule has 3 atom stereocenters. The fourth-order valence-corrected chi connectivity index (χ4v) is 4.61. The Labute approximate surface area is 146 Å². The number of nitrogens with zero attached hydrogens (tertiary/aromatic N) is 3. The minimum atomic E-state index is -0.0845. The Morgan fingerprint density at radius 3 is 2.96 bits per heavy atom. The molecule has 1 N–H and O–H groups in total. The predicted octanol–water partition coefficient (Wildman–Crippen LogP) is 1.49. The van der Waals surface area contributed by atoms with Crippen LogP contribution >= 0.6 is 0 Å². The Balaban J connectivity index is 1.61. The summed E-state index contributed by atoms with van der Waals surface area (Å²) in [5.74, 6) is 0. The highest BCUT2D eigenvalue weighted by Crippen LogP contribution is 2.43. The molecule has 7 nitrogen and oxygen atoms in total. The number of fused-ring (bicyclic) bond motifs is 2. The molecular weight excluding hydrogens is 320 g/mol. The van der Waals surface area contributed by atoms with E-state index in [0.717, 1.165) is 43.6 Å². The first-order chi connectivity index (χ1) is 12.0. The van der Waals surface area contributed by atoms with Crippen LogP contribution in [0.1, 0.15) is 37.1 Å². The molecule has 7 heteroatoms. The second-order valence-corrected chi connectivity index (χ2v) is 7.36. The number of aromatic nitrogens is 3. The first kappa shape index (κ1) is 16.8. The van der Waals surface area contributed by atoms with Gasteiger partial charge >= 0.3 is 0 Å². The topological polar surface area (TPSA) is 71.9 Å². The highest BCUT2D eigenvalue weighted by molar-refractivity contribution is 5.39. The molecule has 3 heterocycles. The Morgan fingerprint density at radius 2 is 2.20 bits per heavy atom. The van der Waals surface area contributed by atoms with Crippen molar-refractivity contribution in [2.75, 3.05) is 20.8 Å². The van der Waals surface area contributed by atoms with Crippen LogP contribution in [0, 0.1) is 6.92 Å². The molecular formula is C18H26N4O3. The molecule has 1 aliphatic carbocycles. The third kappa shape index (κ3) is 2.80. The first-order valence-electron chi connectivity index (χ1n) is 8.95. The Bertz CT molecular complexity index is 829. The highest BCUT2D eigenvalue weighted by atomic mass is 16.5. The maximum absolute atomic E-state index is 12.3. The minimum absolute atomic E-state index is 0.0660. The largest absolute Gasteiger partial charge is 0.381 e. The molecule has 2 aromatic rings. The second kappa shape index (κ2) is 6.23. The molecule has 0 amide bonds. The van der Waals surface area contributed by atoms with Crippen molar-refractivity contribution in [3.05, 3.63) is 33.9 Å². The van der Waals surface area contributed by atoms with Gasteiger partial charge in [-0.2, -0.15) is 0 Å². The number of methoxy groups -OCH3 is 2. The van der Waals surface area contributed by atoms with Crippen LogP contribution in [0.5, 0.6) is 0 Å². The Hall–Kier alpha value is -1.70. The van der Waals surface area contributed by atoms with Gasteiger partial charge in [-0.15, -0.1) is 0 Å². The van der Waals surface area contributed by atoms with Gasteiger partial charge in [0.15, 0.2) is 5.65 Å². The third-order valence-electron chi connectivity index (χ3n) is 5.98. The number of ether oxygens (including phenoxy) is 2. The molecule has 0 bridgehead atoms. The number of aryl methyl sites for hydroxylation is 1. The summed E-state index contributed by atoms with van der Waals surface area (Å²) in [7, 11) is 3.61. The zero-order valence-electron chi connectivity index (χ0n) is 15.1. The summed E-state index contributed by atoms with van der Waals surface area (Å²) >= 11 is 0. The molecule has 2 fully saturated rings. The molecule has 1 aliphatic heterocycles. The number of nitrogens with one attached hydrogen (secondary N) is 1. The van der Waals surface area contributed by atoms with Crippen molar-refractivity contribution in [1.29, 1.82) is 0 Å². The van der Waals surface area contributed by atoms with E-state index in [9.17, 15) is 4.79 Å². The van der Waals surface area contributed by atoms with Crippen LogP contribution in [0.3, 0.4) is 0 Å². The molecule has 0 unspecified atom stereocenters. The fourth-order valence-electron chi connectivity index (χ4n) is 4.61. The summed E-state index contributed by atoms with van der Waals surface area (Å²) in [5.41, 5.74) is 2.27. The quantitative estimate of drug-likeness (QED) is 0.908. The van der Waals surface area contributed by atoms with Crippen LogP contribution in [0.4, 0.5) is 0 Å². The molecule has 1 saturated heterocycles. The first-order valence-corrected chi connectivity index (χ1v) is 8.95. The zero-order valence-corrected chi connectivity index (χ0v) is 15.1. The van der Waals surface area contributed by atoms with Crippen molar-refractivity contribution in [3.63, 3.8) is 0 Å². The van der Waals surface area contributed by atoms with Gasteiger partial charge in [0.2, 0.25) is 0 Å². The number of aromatic amines is 1. The maximum Gasteiger partial charge on any atom is 0.272 e. The van der Waals surface area contributed by atoms with E-state index in [2.05, 4.69) is 15.0 Å². The van der Waals surface area contributed by atoms with E-state index >= 15 is 0 Å². The molecule has 0 aromatic carbocycles. The van der Waals surface area contributed by atoms with Crippen molar-refractivity contribution >= 4 is 5.65 Å². The lowest BCUT2D eigenvalue weighted by molar-refractivity contribution is -0.0948. The van der Waals surface area contributed by atoms with Crippen LogP contribution < -0.4 is 5.56 Å². The predicted molar refractivity (Wildman–Crippen MR) is 93.8 cm³/mol. The molecule has 2 aromatic heterocycles. The molecule has 4 rings (SSSR count). The van der Waals surface area contributed by atoms with Crippen molar-refractivity contribution in [3.8, 4) is 0 Å². The van der Waals surface area contributed by atoms with Crippen molar-refractivity contribution in [1.82, 2.24) is 19.5 Å². The van der Waals surface area contributed by atoms with Crippen LogP contribution in [0.25, 0.3) is 5.65 Å². The van der Waals surface area contributed by atoms with E-state index < -0.39 is 0 Å². The molecule has 0 radical (unpaired) electrons. The SMILES string of the molecule is CO[C@H]1CC[C@@]2(OC)CCN(Cc3cc(=O)n4[nH]c(C)cc4n3)[C@H]2C1. The molecule has 0 spiro atoms. The minimum Gasteiger partial charge on any atom is -0.381 e. The summed E-state index contributed by atoms with van der Waals surface area (Å²) in [6, 6.07) is 3.84. The van der Waals surface area contributed by atoms with Crippen LogP contribution in [0.15, 0.2) is 16.9 Å². The second-order valence-electron chi connectivity index (χ2n) is 7.36. The normalized spacial score (nSPS) is 30.0. The van der Waals surface area contributed by atoms with Gasteiger partial charge in [-0.3, -0.25) is 14.8 Å². The number of hydrogen-bond donors (Lipinski definition) is 1. The lowest BCUT2D eigenvalue weighted by Gasteiger charge is -2.43. The summed E-state index contributed by atoms with van der Waals surface area (Å²) in [4.78, 5) is 19.4. The van der Waals surface area contributed by atoms with Gasteiger partial charge < -0.3 is 9.47 Å². The van der Waals surface area contributed by atoms with Gasteiger partial charge in [0.25, 0.3) is 5.56 Å². The Kier molecular flexibility index (Phi) is 4.17. The monoisotopic (exact) mass is 346 g/mol. The van der Waals surface area contributed by atoms with E-state index in [0.29, 0.717) is 18.2 Å². The average Bonchev–Trinajstić information content (AvgIpc) is 3.15. The van der Waals surface area contributed by atoms with E-state index in [1.54, 1.807) is 13.2 Å². The van der Waals surface area contributed by atoms with E-state index in [4.69, 9.17) is 9.47 Å². The Morgan fingerprint density at radius 1 is 1.36 bits per heavy atom. The summed E-state index contributed by atoms with van der Waals surface area (Å²) < 4.78 is 13.1. The maximum atomic E-state index is 12.3. The van der Waals surface area contributed by atoms with Gasteiger partial charge in [0, 0.05) is 51.2 Å². The van der Waals surface area contributed by atoms with Crippen molar-refractivity contribution in [2.45, 2.75) is 56.9 Å². The number of likely N-dealkylation sites (tertiary alicyclic amines) is 1. The fraction of sp³-hybridized carbons (Fsp3) is 0.667. The number of rotatable bonds is 4. The van der Waals surface area contributed by atoms with Crippen molar-refractivity contribution in [2.24, 2.45) is 0 Å². The van der Waals surface area contributed by atoms with Crippen LogP contribution in [0.2, 0.25) is 0 Å². The highest BCUT2D eigenvalue weighted by Gasteiger charge is 2.51. The third-order valence-corrected chi connectivity index (χ3v) is 5.98. The molecule has 136 valence electrons. The van der Waals surface area contributed by atoms with Gasteiger partial charge in [0.1, 0.15) is 0 Å². The average molecular weight is 346 g/mol. The van der Waals surface area contributed by atoms with Crippen LogP contribution in [-0.4, -0.2) is 58.0 Å². The van der Waals surface area contributed by atoms with Crippen molar-refractivity contribution < 1.29 is 9.47 Å². The number of hydrogen-bond acceptors (Lipinski definition) is 5. The van der Waals surface area contributed by atoms with Gasteiger partial charge in [-0.25, -0.2) is 9.50 Å². The van der Waals surface area contributed by atoms with Gasteiger partial charge in [-0.05, 0) is 32.6 Å². The zero-order chi connectivity index (χ0) is 17.6. The summed E-state index contributed by atoms with van der Waals surface area (Å²) in [6.45, 7) is 3.55. The summed E-state index contributed by atoms with van der Waals surface area (Å²) in [6.07, 6.45) is 4.34. The smallest absolute Gasteiger partial charge is 0.272 e. The lowest BCUT2D eigenvalue weighted by Crippen LogP contribution is -2.51. The van der Waals surface area contributed by atoms with E-state index in [1.165, 1.54) is 4.52 Å². The van der Waals surface area contributed by atoms with Crippen LogP contribution in [-0.2, 0) is 16.0 Å². The number of H-pyrrole nitrogens is 1.